The van der Waals surface area contributed by atoms with Gasteiger partial charge in [0.1, 0.15) is 5.82 Å². The number of ether oxygens (including phenoxy) is 2. The quantitative estimate of drug-likeness (QED) is 0.829. The van der Waals surface area contributed by atoms with Gasteiger partial charge >= 0.3 is 0 Å². The smallest absolute Gasteiger partial charge is 0.128 e. The van der Waals surface area contributed by atoms with Crippen LogP contribution in [0.5, 0.6) is 0 Å². The summed E-state index contributed by atoms with van der Waals surface area (Å²) >= 11 is 0. The van der Waals surface area contributed by atoms with Crippen molar-refractivity contribution in [3.8, 4) is 0 Å². The number of benzene rings is 1. The molecular weight excluding hydrogens is 255 g/mol. The van der Waals surface area contributed by atoms with Crippen LogP contribution in [0.4, 0.5) is 4.39 Å². The van der Waals surface area contributed by atoms with Crippen LogP contribution in [0, 0.1) is 11.7 Å². The minimum absolute atomic E-state index is 0.0557. The zero-order valence-corrected chi connectivity index (χ0v) is 12.5. The van der Waals surface area contributed by atoms with Gasteiger partial charge in [-0.25, -0.2) is 4.39 Å². The first-order chi connectivity index (χ1) is 9.41. The van der Waals surface area contributed by atoms with E-state index in [1.807, 2.05) is 6.07 Å². The summed E-state index contributed by atoms with van der Waals surface area (Å²) in [6, 6.07) is 6.80. The molecule has 2 nitrogen and oxygen atoms in total. The molecule has 2 bridgehead atoms. The number of halogens is 1. The Labute approximate surface area is 120 Å². The molecular formula is C17H23FO2. The van der Waals surface area contributed by atoms with Crippen molar-refractivity contribution in [1.82, 2.24) is 0 Å². The molecule has 3 heteroatoms. The Balaban J connectivity index is 1.69. The fraction of sp³-hybridized carbons (Fsp3) is 0.647. The average molecular weight is 278 g/mol. The predicted molar refractivity (Wildman–Crippen MR) is 75.9 cm³/mol. The van der Waals surface area contributed by atoms with E-state index in [0.29, 0.717) is 18.1 Å². The minimum atomic E-state index is -0.225. The molecule has 0 aromatic heterocycles. The maximum absolute atomic E-state index is 13.6. The van der Waals surface area contributed by atoms with E-state index in [1.54, 1.807) is 12.1 Å². The molecule has 1 heterocycles. The van der Waals surface area contributed by atoms with Gasteiger partial charge in [0.15, 0.2) is 0 Å². The van der Waals surface area contributed by atoms with Crippen LogP contribution in [0.25, 0.3) is 0 Å². The fourth-order valence-electron chi connectivity index (χ4n) is 3.83. The number of hydrogen-bond acceptors (Lipinski definition) is 2. The molecule has 0 amide bonds. The summed E-state index contributed by atoms with van der Waals surface area (Å²) in [4.78, 5) is 0. The van der Waals surface area contributed by atoms with E-state index >= 15 is 0 Å². The third-order valence-corrected chi connectivity index (χ3v) is 4.99. The van der Waals surface area contributed by atoms with Gasteiger partial charge in [0, 0.05) is 5.56 Å². The van der Waals surface area contributed by atoms with E-state index in [-0.39, 0.29) is 23.1 Å². The van der Waals surface area contributed by atoms with Crippen LogP contribution in [0.15, 0.2) is 24.3 Å². The summed E-state index contributed by atoms with van der Waals surface area (Å²) in [5, 5.41) is 0. The molecule has 1 aliphatic heterocycles. The monoisotopic (exact) mass is 278 g/mol. The maximum Gasteiger partial charge on any atom is 0.128 e. The Hall–Kier alpha value is -0.930. The Kier molecular flexibility index (Phi) is 3.38. The second kappa shape index (κ2) is 4.81. The zero-order chi connectivity index (χ0) is 14.4. The van der Waals surface area contributed by atoms with Gasteiger partial charge in [-0.3, -0.25) is 0 Å². The molecule has 0 radical (unpaired) electrons. The van der Waals surface area contributed by atoms with Crippen LogP contribution in [0.3, 0.4) is 0 Å². The minimum Gasteiger partial charge on any atom is -0.370 e. The molecule has 1 aliphatic carbocycles. The molecule has 3 rings (SSSR count). The normalized spacial score (nSPS) is 35.2. The number of fused-ring (bicyclic) bond motifs is 2. The summed E-state index contributed by atoms with van der Waals surface area (Å²) in [6.45, 7) is 6.80. The SMILES string of the molecule is CC1(C)OC2(C)CC1CCC2OCc1ccccc1F. The van der Waals surface area contributed by atoms with Crippen LogP contribution in [0.1, 0.15) is 45.6 Å². The first kappa shape index (κ1) is 14.0. The van der Waals surface area contributed by atoms with Gasteiger partial charge in [0.05, 0.1) is 23.9 Å². The molecule has 2 aliphatic rings. The van der Waals surface area contributed by atoms with Gasteiger partial charge in [-0.05, 0) is 52.0 Å². The Bertz CT molecular complexity index is 500. The lowest BCUT2D eigenvalue weighted by Crippen LogP contribution is -2.43. The molecule has 1 saturated carbocycles. The first-order valence-electron chi connectivity index (χ1n) is 7.46. The largest absolute Gasteiger partial charge is 0.370 e. The molecule has 3 unspecified atom stereocenters. The predicted octanol–water partition coefficient (Wildman–Crippen LogP) is 4.08. The molecule has 0 spiro atoms. The van der Waals surface area contributed by atoms with Crippen molar-refractivity contribution in [2.45, 2.75) is 63.9 Å². The van der Waals surface area contributed by atoms with Crippen molar-refractivity contribution in [2.75, 3.05) is 0 Å². The summed E-state index contributed by atoms with van der Waals surface area (Å²) < 4.78 is 25.9. The molecule has 3 atom stereocenters. The highest BCUT2D eigenvalue weighted by Crippen LogP contribution is 2.51. The topological polar surface area (TPSA) is 18.5 Å². The molecule has 20 heavy (non-hydrogen) atoms. The molecule has 1 aromatic rings. The highest BCUT2D eigenvalue weighted by Gasteiger charge is 2.55. The van der Waals surface area contributed by atoms with E-state index in [0.717, 1.165) is 19.3 Å². The van der Waals surface area contributed by atoms with Crippen molar-refractivity contribution in [3.63, 3.8) is 0 Å². The summed E-state index contributed by atoms with van der Waals surface area (Å²) in [7, 11) is 0. The lowest BCUT2D eigenvalue weighted by Gasteiger charge is -2.36. The van der Waals surface area contributed by atoms with E-state index in [1.165, 1.54) is 6.07 Å². The summed E-state index contributed by atoms with van der Waals surface area (Å²) in [5.41, 5.74) is 0.332. The molecule has 110 valence electrons. The van der Waals surface area contributed by atoms with Gasteiger partial charge in [0.25, 0.3) is 0 Å². The number of rotatable bonds is 3. The highest BCUT2D eigenvalue weighted by molar-refractivity contribution is 5.16. The lowest BCUT2D eigenvalue weighted by molar-refractivity contribution is -0.153. The average Bonchev–Trinajstić information content (AvgIpc) is 2.56. The lowest BCUT2D eigenvalue weighted by atomic mass is 9.75. The summed E-state index contributed by atoms with van der Waals surface area (Å²) in [6.07, 6.45) is 3.23. The number of hydrogen-bond donors (Lipinski definition) is 0. The van der Waals surface area contributed by atoms with Crippen molar-refractivity contribution < 1.29 is 13.9 Å². The molecule has 1 saturated heterocycles. The third-order valence-electron chi connectivity index (χ3n) is 4.99. The van der Waals surface area contributed by atoms with E-state index in [9.17, 15) is 4.39 Å². The van der Waals surface area contributed by atoms with E-state index < -0.39 is 0 Å². The first-order valence-corrected chi connectivity index (χ1v) is 7.46. The second-order valence-corrected chi connectivity index (χ2v) is 6.89. The van der Waals surface area contributed by atoms with Crippen molar-refractivity contribution >= 4 is 0 Å². The van der Waals surface area contributed by atoms with Gasteiger partial charge in [-0.2, -0.15) is 0 Å². The van der Waals surface area contributed by atoms with E-state index in [4.69, 9.17) is 9.47 Å². The van der Waals surface area contributed by atoms with Gasteiger partial charge in [-0.1, -0.05) is 18.2 Å². The Morgan fingerprint density at radius 3 is 2.75 bits per heavy atom. The van der Waals surface area contributed by atoms with Gasteiger partial charge in [0.2, 0.25) is 0 Å². The highest BCUT2D eigenvalue weighted by atomic mass is 19.1. The van der Waals surface area contributed by atoms with Crippen molar-refractivity contribution in [1.29, 1.82) is 0 Å². The van der Waals surface area contributed by atoms with E-state index in [2.05, 4.69) is 20.8 Å². The van der Waals surface area contributed by atoms with Crippen molar-refractivity contribution in [3.05, 3.63) is 35.6 Å². The molecule has 2 fully saturated rings. The Morgan fingerprint density at radius 2 is 2.00 bits per heavy atom. The van der Waals surface area contributed by atoms with Crippen LogP contribution >= 0.6 is 0 Å². The van der Waals surface area contributed by atoms with Gasteiger partial charge in [-0.15, -0.1) is 0 Å². The van der Waals surface area contributed by atoms with Crippen LogP contribution in [-0.2, 0) is 16.1 Å². The maximum atomic E-state index is 13.6. The Morgan fingerprint density at radius 1 is 1.25 bits per heavy atom. The van der Waals surface area contributed by atoms with Gasteiger partial charge < -0.3 is 9.47 Å². The molecule has 1 aromatic carbocycles. The second-order valence-electron chi connectivity index (χ2n) is 6.89. The molecule has 0 N–H and O–H groups in total. The van der Waals surface area contributed by atoms with Crippen LogP contribution in [0.2, 0.25) is 0 Å². The van der Waals surface area contributed by atoms with Crippen LogP contribution in [-0.4, -0.2) is 17.3 Å². The summed E-state index contributed by atoms with van der Waals surface area (Å²) in [5.74, 6) is 0.417. The van der Waals surface area contributed by atoms with Crippen molar-refractivity contribution in [2.24, 2.45) is 5.92 Å². The standard InChI is InChI=1S/C17H23FO2/c1-16(2)13-8-9-15(17(3,10-13)20-16)19-11-12-6-4-5-7-14(12)18/h4-7,13,15H,8-11H2,1-3H3. The third kappa shape index (κ3) is 2.38. The zero-order valence-electron chi connectivity index (χ0n) is 12.5. The van der Waals surface area contributed by atoms with Crippen LogP contribution < -0.4 is 0 Å². The fourth-order valence-corrected chi connectivity index (χ4v) is 3.83.